The highest BCUT2D eigenvalue weighted by atomic mass is 16.2. The van der Waals surface area contributed by atoms with E-state index in [0.29, 0.717) is 23.9 Å². The molecule has 5 heterocycles. The average Bonchev–Trinajstić information content (AvgIpc) is 3.43. The van der Waals surface area contributed by atoms with Gasteiger partial charge >= 0.3 is 0 Å². The SMILES string of the molecule is Cn1ccc2c(CN3CCC4(CC3)CC4)cc(-c3ccc4c(c3)CN(C3CCC(=O)NC3=O)C4=O)nc21. The molecule has 7 rings (SSSR count). The van der Waals surface area contributed by atoms with Crippen LogP contribution in [-0.2, 0) is 29.7 Å². The third kappa shape index (κ3) is 3.85. The van der Waals surface area contributed by atoms with Gasteiger partial charge in [0.2, 0.25) is 11.8 Å². The number of nitrogens with one attached hydrogen (secondary N) is 1. The second kappa shape index (κ2) is 8.25. The number of rotatable bonds is 4. The van der Waals surface area contributed by atoms with Crippen LogP contribution < -0.4 is 5.32 Å². The van der Waals surface area contributed by atoms with Gasteiger partial charge in [0.25, 0.3) is 5.91 Å². The lowest BCUT2D eigenvalue weighted by atomic mass is 9.93. The van der Waals surface area contributed by atoms with Crippen molar-refractivity contribution in [2.75, 3.05) is 13.1 Å². The van der Waals surface area contributed by atoms with Crippen molar-refractivity contribution in [2.24, 2.45) is 12.5 Å². The molecule has 8 heteroatoms. The van der Waals surface area contributed by atoms with Gasteiger partial charge in [-0.3, -0.25) is 24.6 Å². The highest BCUT2D eigenvalue weighted by molar-refractivity contribution is 6.05. The molecule has 3 fully saturated rings. The third-order valence-corrected chi connectivity index (χ3v) is 9.01. The number of pyridine rings is 1. The normalized spacial score (nSPS) is 23.1. The van der Waals surface area contributed by atoms with E-state index in [1.165, 1.54) is 36.6 Å². The molecule has 1 unspecified atom stereocenters. The van der Waals surface area contributed by atoms with Gasteiger partial charge in [0.05, 0.1) is 5.69 Å². The van der Waals surface area contributed by atoms with Crippen molar-refractivity contribution in [3.63, 3.8) is 0 Å². The van der Waals surface area contributed by atoms with E-state index in [4.69, 9.17) is 4.98 Å². The molecule has 1 N–H and O–H groups in total. The Kier molecular flexibility index (Phi) is 5.05. The lowest BCUT2D eigenvalue weighted by Gasteiger charge is -2.32. The van der Waals surface area contributed by atoms with E-state index in [1.54, 1.807) is 4.90 Å². The summed E-state index contributed by atoms with van der Waals surface area (Å²) < 4.78 is 2.07. The van der Waals surface area contributed by atoms with Gasteiger partial charge in [-0.15, -0.1) is 0 Å². The maximum Gasteiger partial charge on any atom is 0.255 e. The molecule has 8 nitrogen and oxygen atoms in total. The van der Waals surface area contributed by atoms with Crippen LogP contribution in [-0.4, -0.2) is 56.2 Å². The summed E-state index contributed by atoms with van der Waals surface area (Å²) in [5, 5.41) is 3.56. The van der Waals surface area contributed by atoms with Crippen molar-refractivity contribution < 1.29 is 14.4 Å². The number of hydrogen-bond acceptors (Lipinski definition) is 5. The van der Waals surface area contributed by atoms with Crippen molar-refractivity contribution in [2.45, 2.75) is 57.7 Å². The molecule has 3 aliphatic heterocycles. The molecule has 2 aromatic heterocycles. The van der Waals surface area contributed by atoms with Crippen LogP contribution in [0.25, 0.3) is 22.3 Å². The zero-order valence-corrected chi connectivity index (χ0v) is 21.1. The number of likely N-dealkylation sites (tertiary alicyclic amines) is 1. The van der Waals surface area contributed by atoms with Crippen molar-refractivity contribution in [1.82, 2.24) is 24.7 Å². The second-order valence-electron chi connectivity index (χ2n) is 11.4. The maximum atomic E-state index is 13.1. The van der Waals surface area contributed by atoms with E-state index in [0.717, 1.165) is 42.1 Å². The fourth-order valence-corrected chi connectivity index (χ4v) is 6.42. The van der Waals surface area contributed by atoms with Gasteiger partial charge in [-0.2, -0.15) is 0 Å². The molecule has 37 heavy (non-hydrogen) atoms. The minimum Gasteiger partial charge on any atom is -0.336 e. The van der Waals surface area contributed by atoms with E-state index in [1.807, 2.05) is 25.2 Å². The summed E-state index contributed by atoms with van der Waals surface area (Å²) in [7, 11) is 2.03. The van der Waals surface area contributed by atoms with Crippen LogP contribution in [0, 0.1) is 5.41 Å². The number of amides is 3. The number of fused-ring (bicyclic) bond motifs is 2. The van der Waals surface area contributed by atoms with Crippen LogP contribution >= 0.6 is 0 Å². The Morgan fingerprint density at radius 3 is 2.62 bits per heavy atom. The second-order valence-corrected chi connectivity index (χ2v) is 11.4. The number of hydrogen-bond donors (Lipinski definition) is 1. The third-order valence-electron chi connectivity index (χ3n) is 9.01. The molecule has 2 saturated heterocycles. The largest absolute Gasteiger partial charge is 0.336 e. The van der Waals surface area contributed by atoms with Crippen LogP contribution in [0.5, 0.6) is 0 Å². The predicted molar refractivity (Wildman–Crippen MR) is 138 cm³/mol. The average molecular weight is 498 g/mol. The molecule has 0 bridgehead atoms. The topological polar surface area (TPSA) is 87.5 Å². The summed E-state index contributed by atoms with van der Waals surface area (Å²) in [6.07, 6.45) is 8.12. The molecule has 190 valence electrons. The first-order chi connectivity index (χ1) is 17.9. The molecule has 1 aliphatic carbocycles. The summed E-state index contributed by atoms with van der Waals surface area (Å²) in [6.45, 7) is 3.59. The molecule has 1 spiro atoms. The standard InChI is InChI=1S/C29H31N5O3/c1-32-11-6-21-20(16-33-12-9-29(7-8-29)10-13-33)15-23(30-26(21)32)18-2-3-22-19(14-18)17-34(28(22)37)24-4-5-25(35)31-27(24)36/h2-3,6,11,14-15,24H,4-5,7-10,12-13,16-17H2,1H3,(H,31,35,36). The Bertz CT molecular complexity index is 1460. The smallest absolute Gasteiger partial charge is 0.255 e. The quantitative estimate of drug-likeness (QED) is 0.559. The Balaban J connectivity index is 1.18. The first-order valence-electron chi connectivity index (χ1n) is 13.3. The fourth-order valence-electron chi connectivity index (χ4n) is 6.42. The lowest BCUT2D eigenvalue weighted by Crippen LogP contribution is -2.52. The summed E-state index contributed by atoms with van der Waals surface area (Å²) in [4.78, 5) is 46.3. The van der Waals surface area contributed by atoms with E-state index in [9.17, 15) is 14.4 Å². The number of carbonyl (C=O) groups excluding carboxylic acids is 3. The minimum atomic E-state index is -0.607. The van der Waals surface area contributed by atoms with E-state index in [-0.39, 0.29) is 24.1 Å². The van der Waals surface area contributed by atoms with Gasteiger partial charge in [0.1, 0.15) is 11.7 Å². The Hall–Kier alpha value is -3.52. The Morgan fingerprint density at radius 2 is 1.86 bits per heavy atom. The summed E-state index contributed by atoms with van der Waals surface area (Å²) >= 11 is 0. The van der Waals surface area contributed by atoms with Crippen LogP contribution in [0.4, 0.5) is 0 Å². The molecule has 4 aliphatic rings. The van der Waals surface area contributed by atoms with Gasteiger partial charge in [0, 0.05) is 49.3 Å². The predicted octanol–water partition coefficient (Wildman–Crippen LogP) is 3.38. The molecule has 3 amide bonds. The van der Waals surface area contributed by atoms with Gasteiger partial charge < -0.3 is 9.47 Å². The number of piperidine rings is 2. The first-order valence-corrected chi connectivity index (χ1v) is 13.3. The molecular weight excluding hydrogens is 466 g/mol. The lowest BCUT2D eigenvalue weighted by molar-refractivity contribution is -0.136. The zero-order chi connectivity index (χ0) is 25.3. The molecule has 0 radical (unpaired) electrons. The molecular formula is C29H31N5O3. The molecule has 3 aromatic rings. The van der Waals surface area contributed by atoms with Crippen molar-refractivity contribution in [3.8, 4) is 11.3 Å². The van der Waals surface area contributed by atoms with Crippen LogP contribution in [0.3, 0.4) is 0 Å². The monoisotopic (exact) mass is 497 g/mol. The summed E-state index contributed by atoms with van der Waals surface area (Å²) in [6, 6.07) is 9.62. The number of aromatic nitrogens is 2. The van der Waals surface area contributed by atoms with E-state index in [2.05, 4.69) is 33.1 Å². The number of benzene rings is 1. The number of imide groups is 1. The highest BCUT2D eigenvalue weighted by Gasteiger charge is 2.44. The Labute approximate surface area is 215 Å². The van der Waals surface area contributed by atoms with Gasteiger partial charge in [-0.1, -0.05) is 6.07 Å². The van der Waals surface area contributed by atoms with Gasteiger partial charge in [0.15, 0.2) is 0 Å². The summed E-state index contributed by atoms with van der Waals surface area (Å²) in [5.41, 5.74) is 6.29. The van der Waals surface area contributed by atoms with Crippen LogP contribution in [0.15, 0.2) is 36.5 Å². The number of carbonyl (C=O) groups is 3. The fraction of sp³-hybridized carbons (Fsp3) is 0.448. The highest BCUT2D eigenvalue weighted by Crippen LogP contribution is 2.53. The minimum absolute atomic E-state index is 0.152. The van der Waals surface area contributed by atoms with E-state index >= 15 is 0 Å². The van der Waals surface area contributed by atoms with Crippen molar-refractivity contribution in [3.05, 3.63) is 53.2 Å². The maximum absolute atomic E-state index is 13.1. The Morgan fingerprint density at radius 1 is 1.05 bits per heavy atom. The molecule has 1 saturated carbocycles. The first kappa shape index (κ1) is 22.7. The van der Waals surface area contributed by atoms with Gasteiger partial charge in [-0.05, 0) is 86.0 Å². The van der Waals surface area contributed by atoms with Crippen LogP contribution in [0.2, 0.25) is 0 Å². The zero-order valence-electron chi connectivity index (χ0n) is 21.1. The van der Waals surface area contributed by atoms with Crippen molar-refractivity contribution >= 4 is 28.8 Å². The molecule has 1 aromatic carbocycles. The van der Waals surface area contributed by atoms with E-state index < -0.39 is 6.04 Å². The van der Waals surface area contributed by atoms with Crippen LogP contribution in [0.1, 0.15) is 60.0 Å². The van der Waals surface area contributed by atoms with Crippen molar-refractivity contribution in [1.29, 1.82) is 0 Å². The van der Waals surface area contributed by atoms with Gasteiger partial charge in [-0.25, -0.2) is 4.98 Å². The summed E-state index contributed by atoms with van der Waals surface area (Å²) in [5.74, 6) is -0.813. The number of aryl methyl sites for hydroxylation is 1. The molecule has 1 atom stereocenters. The number of nitrogens with zero attached hydrogens (tertiary/aromatic N) is 4.